The number of carbonyl (C=O) groups is 2. The van der Waals surface area contributed by atoms with Crippen LogP contribution in [0.4, 0.5) is 5.13 Å². The van der Waals surface area contributed by atoms with Crippen LogP contribution in [-0.2, 0) is 9.59 Å². The van der Waals surface area contributed by atoms with E-state index in [4.69, 9.17) is 25.8 Å². The Labute approximate surface area is 211 Å². The number of aryl methyl sites for hydroxylation is 2. The minimum Gasteiger partial charge on any atom is -0.507 e. The highest BCUT2D eigenvalue weighted by Gasteiger charge is 2.48. The maximum Gasteiger partial charge on any atom is 0.301 e. The van der Waals surface area contributed by atoms with Crippen molar-refractivity contribution in [1.82, 2.24) is 4.98 Å². The van der Waals surface area contributed by atoms with E-state index in [1.54, 1.807) is 30.3 Å². The third kappa shape index (κ3) is 4.21. The van der Waals surface area contributed by atoms with Crippen LogP contribution in [0.25, 0.3) is 5.76 Å². The zero-order chi connectivity index (χ0) is 25.4. The van der Waals surface area contributed by atoms with Crippen molar-refractivity contribution in [3.05, 3.63) is 68.7 Å². The van der Waals surface area contributed by atoms with Gasteiger partial charge in [-0.2, -0.15) is 0 Å². The summed E-state index contributed by atoms with van der Waals surface area (Å²) in [6, 6.07) is 8.73. The Morgan fingerprint density at radius 3 is 2.23 bits per heavy atom. The molecule has 182 valence electrons. The van der Waals surface area contributed by atoms with Crippen molar-refractivity contribution in [2.24, 2.45) is 0 Å². The van der Waals surface area contributed by atoms with Crippen molar-refractivity contribution < 1.29 is 28.9 Å². The zero-order valence-electron chi connectivity index (χ0n) is 19.7. The minimum atomic E-state index is -0.958. The summed E-state index contributed by atoms with van der Waals surface area (Å²) in [7, 11) is 4.48. The molecule has 2 aromatic carbocycles. The molecule has 4 rings (SSSR count). The summed E-state index contributed by atoms with van der Waals surface area (Å²) in [6.45, 7) is 3.72. The summed E-state index contributed by atoms with van der Waals surface area (Å²) in [6.07, 6.45) is 0. The Kier molecular flexibility index (Phi) is 6.73. The van der Waals surface area contributed by atoms with E-state index in [0.717, 1.165) is 10.6 Å². The van der Waals surface area contributed by atoms with Gasteiger partial charge in [0.25, 0.3) is 5.78 Å². The van der Waals surface area contributed by atoms with Crippen LogP contribution >= 0.6 is 22.9 Å². The van der Waals surface area contributed by atoms with Gasteiger partial charge in [-0.15, -0.1) is 11.3 Å². The average molecular weight is 515 g/mol. The molecule has 1 aromatic heterocycles. The number of aliphatic hydroxyl groups is 1. The van der Waals surface area contributed by atoms with Crippen molar-refractivity contribution in [3.63, 3.8) is 0 Å². The average Bonchev–Trinajstić information content (AvgIpc) is 3.32. The summed E-state index contributed by atoms with van der Waals surface area (Å²) < 4.78 is 16.0. The van der Waals surface area contributed by atoms with Crippen molar-refractivity contribution in [1.29, 1.82) is 0 Å². The molecule has 1 aliphatic rings. The number of methoxy groups -OCH3 is 3. The molecule has 8 nitrogen and oxygen atoms in total. The highest BCUT2D eigenvalue weighted by Crippen LogP contribution is 2.45. The molecule has 1 aliphatic heterocycles. The number of rotatable bonds is 6. The summed E-state index contributed by atoms with van der Waals surface area (Å²) in [5.41, 5.74) is 1.47. The van der Waals surface area contributed by atoms with Gasteiger partial charge in [-0.1, -0.05) is 17.7 Å². The molecule has 0 aliphatic carbocycles. The summed E-state index contributed by atoms with van der Waals surface area (Å²) >= 11 is 7.55. The second-order valence-corrected chi connectivity index (χ2v) is 9.36. The van der Waals surface area contributed by atoms with E-state index in [1.807, 2.05) is 13.8 Å². The number of thiazole rings is 1. The number of aromatic nitrogens is 1. The number of halogens is 1. The maximum absolute atomic E-state index is 13.3. The van der Waals surface area contributed by atoms with Gasteiger partial charge >= 0.3 is 5.91 Å². The lowest BCUT2D eigenvalue weighted by Crippen LogP contribution is -2.29. The first-order valence-electron chi connectivity index (χ1n) is 10.5. The highest BCUT2D eigenvalue weighted by molar-refractivity contribution is 7.16. The molecule has 1 atom stereocenters. The first-order valence-corrected chi connectivity index (χ1v) is 11.7. The second-order valence-electron chi connectivity index (χ2n) is 7.77. The maximum atomic E-state index is 13.3. The van der Waals surface area contributed by atoms with Gasteiger partial charge in [0.1, 0.15) is 11.5 Å². The van der Waals surface area contributed by atoms with Crippen molar-refractivity contribution in [3.8, 4) is 17.2 Å². The van der Waals surface area contributed by atoms with E-state index in [0.29, 0.717) is 27.9 Å². The first-order chi connectivity index (χ1) is 16.7. The van der Waals surface area contributed by atoms with Gasteiger partial charge in [0.05, 0.1) is 43.7 Å². The molecule has 0 bridgehead atoms. The fraction of sp³-hybridized carbons (Fsp3) is 0.240. The van der Waals surface area contributed by atoms with Gasteiger partial charge in [0.15, 0.2) is 16.6 Å². The normalized spacial score (nSPS) is 17.1. The quantitative estimate of drug-likeness (QED) is 0.279. The SMILES string of the molecule is COc1ccc(/C(O)=C2\C(=O)C(=O)N(c3nc(C)c(C)s3)[C@@H]2c2ccc(OC)c(OC)c2)cc1Cl. The van der Waals surface area contributed by atoms with E-state index in [1.165, 1.54) is 43.6 Å². The van der Waals surface area contributed by atoms with Crippen molar-refractivity contribution >= 4 is 45.5 Å². The van der Waals surface area contributed by atoms with E-state index in [2.05, 4.69) is 4.98 Å². The van der Waals surface area contributed by atoms with Crippen molar-refractivity contribution in [2.75, 3.05) is 26.2 Å². The monoisotopic (exact) mass is 514 g/mol. The molecular weight excluding hydrogens is 492 g/mol. The van der Waals surface area contributed by atoms with E-state index >= 15 is 0 Å². The number of ether oxygens (including phenoxy) is 3. The predicted octanol–water partition coefficient (Wildman–Crippen LogP) is 5.07. The molecule has 0 radical (unpaired) electrons. The van der Waals surface area contributed by atoms with Crippen LogP contribution in [0.2, 0.25) is 5.02 Å². The van der Waals surface area contributed by atoms with E-state index < -0.39 is 17.7 Å². The number of hydrogen-bond acceptors (Lipinski definition) is 8. The van der Waals surface area contributed by atoms with Crippen LogP contribution in [0, 0.1) is 13.8 Å². The number of hydrogen-bond donors (Lipinski definition) is 1. The molecule has 1 amide bonds. The Morgan fingerprint density at radius 2 is 1.66 bits per heavy atom. The molecule has 0 spiro atoms. The number of ketones is 1. The summed E-state index contributed by atoms with van der Waals surface area (Å²) in [5, 5.41) is 11.9. The number of aliphatic hydroxyl groups excluding tert-OH is 1. The molecule has 0 unspecified atom stereocenters. The van der Waals surface area contributed by atoms with Crippen LogP contribution in [0.5, 0.6) is 17.2 Å². The van der Waals surface area contributed by atoms with Crippen LogP contribution in [-0.4, -0.2) is 43.1 Å². The number of nitrogens with zero attached hydrogens (tertiary/aromatic N) is 2. The largest absolute Gasteiger partial charge is 0.507 e. The summed E-state index contributed by atoms with van der Waals surface area (Å²) in [5.74, 6) is -0.681. The van der Waals surface area contributed by atoms with Crippen LogP contribution in [0.15, 0.2) is 42.0 Å². The van der Waals surface area contributed by atoms with Crippen LogP contribution in [0.1, 0.15) is 27.7 Å². The smallest absolute Gasteiger partial charge is 0.301 e. The molecule has 1 N–H and O–H groups in total. The zero-order valence-corrected chi connectivity index (χ0v) is 21.3. The number of amides is 1. The van der Waals surface area contributed by atoms with Gasteiger partial charge in [-0.05, 0) is 49.7 Å². The standard InChI is InChI=1S/C25H23ClN2O6S/c1-12-13(2)35-25(27-12)28-21(14-6-9-18(33-4)19(11-14)34-5)20(23(30)24(28)31)22(29)15-7-8-17(32-3)16(26)10-15/h6-11,21,29H,1-5H3/b22-20+/t21-/m1/s1. The molecule has 2 heterocycles. The molecule has 3 aromatic rings. The van der Waals surface area contributed by atoms with Crippen molar-refractivity contribution in [2.45, 2.75) is 19.9 Å². The molecule has 35 heavy (non-hydrogen) atoms. The Morgan fingerprint density at radius 1 is 1.00 bits per heavy atom. The lowest BCUT2D eigenvalue weighted by Gasteiger charge is -2.24. The number of anilines is 1. The number of carbonyl (C=O) groups excluding carboxylic acids is 2. The third-order valence-electron chi connectivity index (χ3n) is 5.82. The fourth-order valence-corrected chi connectivity index (χ4v) is 5.09. The van der Waals surface area contributed by atoms with E-state index in [9.17, 15) is 14.7 Å². The van der Waals surface area contributed by atoms with Gasteiger partial charge in [0, 0.05) is 10.4 Å². The van der Waals surface area contributed by atoms with Crippen LogP contribution in [0.3, 0.4) is 0 Å². The van der Waals surface area contributed by atoms with Crippen LogP contribution < -0.4 is 19.1 Å². The molecule has 0 saturated carbocycles. The number of benzene rings is 2. The Hall–Kier alpha value is -3.56. The second kappa shape index (κ2) is 9.59. The minimum absolute atomic E-state index is 0.0889. The number of Topliss-reactive ketones (excluding diaryl/α,β-unsaturated/α-hetero) is 1. The Bertz CT molecular complexity index is 1350. The van der Waals surface area contributed by atoms with Gasteiger partial charge in [-0.3, -0.25) is 14.5 Å². The first kappa shape index (κ1) is 24.6. The molecule has 10 heteroatoms. The highest BCUT2D eigenvalue weighted by atomic mass is 35.5. The fourth-order valence-electron chi connectivity index (χ4n) is 3.90. The predicted molar refractivity (Wildman–Crippen MR) is 134 cm³/mol. The third-order valence-corrected chi connectivity index (χ3v) is 7.18. The van der Waals surface area contributed by atoms with Gasteiger partial charge in [-0.25, -0.2) is 4.98 Å². The topological polar surface area (TPSA) is 98.2 Å². The lowest BCUT2D eigenvalue weighted by atomic mass is 9.95. The molecule has 1 saturated heterocycles. The summed E-state index contributed by atoms with van der Waals surface area (Å²) in [4.78, 5) is 33.3. The van der Waals surface area contributed by atoms with Gasteiger partial charge in [0.2, 0.25) is 0 Å². The Balaban J connectivity index is 1.97. The van der Waals surface area contributed by atoms with E-state index in [-0.39, 0.29) is 21.9 Å². The molecule has 1 fully saturated rings. The van der Waals surface area contributed by atoms with Gasteiger partial charge < -0.3 is 19.3 Å². The lowest BCUT2D eigenvalue weighted by molar-refractivity contribution is -0.132. The molecular formula is C25H23ClN2O6S.